The molecule has 0 amide bonds. The third kappa shape index (κ3) is 4.51. The van der Waals surface area contributed by atoms with E-state index in [4.69, 9.17) is 15.6 Å². The van der Waals surface area contributed by atoms with Gasteiger partial charge in [0.1, 0.15) is 11.2 Å². The summed E-state index contributed by atoms with van der Waals surface area (Å²) in [4.78, 5) is 12.4. The molecule has 1 aromatic rings. The average Bonchev–Trinajstić information content (AvgIpc) is 2.48. The summed E-state index contributed by atoms with van der Waals surface area (Å²) in [5, 5.41) is 8.83. The van der Waals surface area contributed by atoms with Gasteiger partial charge in [-0.1, -0.05) is 25.0 Å². The van der Waals surface area contributed by atoms with Crippen LogP contribution in [0.4, 0.5) is 4.39 Å². The van der Waals surface area contributed by atoms with Gasteiger partial charge in [-0.05, 0) is 37.5 Å². The Bertz CT molecular complexity index is 453. The van der Waals surface area contributed by atoms with Crippen molar-refractivity contribution in [2.45, 2.75) is 38.0 Å². The first-order chi connectivity index (χ1) is 10.1. The first kappa shape index (κ1) is 17.6. The third-order valence-electron chi connectivity index (χ3n) is 3.65. The summed E-state index contributed by atoms with van der Waals surface area (Å²) in [7, 11) is 0. The van der Waals surface area contributed by atoms with Crippen LogP contribution in [0.1, 0.15) is 38.2 Å². The fraction of sp³-hybridized carbons (Fsp3) is 0.562. The quantitative estimate of drug-likeness (QED) is 0.541. The number of benzene rings is 1. The Morgan fingerprint density at radius 2 is 2.14 bits per heavy atom. The minimum absolute atomic E-state index is 0.0639. The molecule has 4 nitrogen and oxygen atoms in total. The predicted octanol–water partition coefficient (Wildman–Crippen LogP) is 2.14. The predicted molar refractivity (Wildman–Crippen MR) is 79.3 cm³/mol. The van der Waals surface area contributed by atoms with E-state index in [1.165, 1.54) is 12.1 Å². The number of aliphatic hydroxyl groups is 1. The van der Waals surface area contributed by atoms with Gasteiger partial charge in [-0.25, -0.2) is 4.39 Å². The number of rotatable bonds is 9. The van der Waals surface area contributed by atoms with Gasteiger partial charge in [-0.2, -0.15) is 0 Å². The molecule has 0 heterocycles. The monoisotopic (exact) mass is 297 g/mol. The number of ether oxygens (including phenoxy) is 1. The second-order valence-electron chi connectivity index (χ2n) is 5.05. The van der Waals surface area contributed by atoms with Crippen LogP contribution in [0.25, 0.3) is 0 Å². The van der Waals surface area contributed by atoms with Gasteiger partial charge in [0.05, 0.1) is 6.61 Å². The van der Waals surface area contributed by atoms with Crippen LogP contribution in [0.2, 0.25) is 0 Å². The van der Waals surface area contributed by atoms with Crippen molar-refractivity contribution in [3.8, 4) is 0 Å². The van der Waals surface area contributed by atoms with Crippen LogP contribution in [-0.2, 0) is 14.9 Å². The lowest BCUT2D eigenvalue weighted by atomic mass is 9.76. The van der Waals surface area contributed by atoms with Crippen LogP contribution in [-0.4, -0.2) is 30.8 Å². The largest absolute Gasteiger partial charge is 0.465 e. The Labute approximate surface area is 125 Å². The zero-order chi connectivity index (χ0) is 15.7. The summed E-state index contributed by atoms with van der Waals surface area (Å²) in [5.41, 5.74) is 5.39. The Kier molecular flexibility index (Phi) is 7.32. The number of aliphatic hydroxyl groups excluding tert-OH is 1. The van der Waals surface area contributed by atoms with Gasteiger partial charge in [-0.15, -0.1) is 0 Å². The summed E-state index contributed by atoms with van der Waals surface area (Å²) in [6.07, 6.45) is 2.65. The van der Waals surface area contributed by atoms with Gasteiger partial charge in [0.2, 0.25) is 0 Å². The lowest BCUT2D eigenvalue weighted by Crippen LogP contribution is -2.44. The molecule has 0 aliphatic rings. The molecule has 3 N–H and O–H groups in total. The molecule has 0 aliphatic heterocycles. The van der Waals surface area contributed by atoms with E-state index in [-0.39, 0.29) is 19.8 Å². The van der Waals surface area contributed by atoms with Gasteiger partial charge >= 0.3 is 5.97 Å². The molecule has 1 unspecified atom stereocenters. The maximum atomic E-state index is 13.5. The highest BCUT2D eigenvalue weighted by atomic mass is 19.1. The minimum atomic E-state index is -1.02. The summed E-state index contributed by atoms with van der Waals surface area (Å²) in [6.45, 7) is 2.17. The number of nitrogens with two attached hydrogens (primary N) is 1. The van der Waals surface area contributed by atoms with Crippen molar-refractivity contribution in [1.82, 2.24) is 0 Å². The molecule has 0 bridgehead atoms. The average molecular weight is 297 g/mol. The number of carbonyl (C=O) groups is 1. The van der Waals surface area contributed by atoms with E-state index in [0.29, 0.717) is 24.8 Å². The Hall–Kier alpha value is -1.46. The van der Waals surface area contributed by atoms with Crippen LogP contribution in [0.3, 0.4) is 0 Å². The van der Waals surface area contributed by atoms with E-state index in [2.05, 4.69) is 0 Å². The van der Waals surface area contributed by atoms with Crippen LogP contribution in [0.15, 0.2) is 24.3 Å². The highest BCUT2D eigenvalue weighted by Gasteiger charge is 2.40. The summed E-state index contributed by atoms with van der Waals surface area (Å²) in [5.74, 6) is -0.813. The molecule has 118 valence electrons. The first-order valence-corrected chi connectivity index (χ1v) is 7.35. The topological polar surface area (TPSA) is 72.5 Å². The van der Waals surface area contributed by atoms with Crippen LogP contribution < -0.4 is 5.73 Å². The summed E-state index contributed by atoms with van der Waals surface area (Å²) >= 11 is 0. The van der Waals surface area contributed by atoms with Gasteiger partial charge < -0.3 is 15.6 Å². The molecule has 0 saturated carbocycles. The van der Waals surface area contributed by atoms with Crippen molar-refractivity contribution in [2.24, 2.45) is 5.73 Å². The minimum Gasteiger partial charge on any atom is -0.465 e. The highest BCUT2D eigenvalue weighted by Crippen LogP contribution is 2.31. The SMILES string of the molecule is CCOC(=O)C(CN)(CCCCCO)c1cccc(F)c1. The van der Waals surface area contributed by atoms with E-state index < -0.39 is 17.2 Å². The van der Waals surface area contributed by atoms with Gasteiger partial charge in [-0.3, -0.25) is 4.79 Å². The fourth-order valence-electron chi connectivity index (χ4n) is 2.44. The molecule has 0 aliphatic carbocycles. The molecule has 0 aromatic heterocycles. The third-order valence-corrected chi connectivity index (χ3v) is 3.65. The molecule has 5 heteroatoms. The summed E-state index contributed by atoms with van der Waals surface area (Å²) < 4.78 is 18.7. The number of hydrogen-bond acceptors (Lipinski definition) is 4. The molecule has 0 radical (unpaired) electrons. The number of hydrogen-bond donors (Lipinski definition) is 2. The number of esters is 1. The second kappa shape index (κ2) is 8.74. The highest BCUT2D eigenvalue weighted by molar-refractivity contribution is 5.83. The van der Waals surface area contributed by atoms with E-state index in [1.54, 1.807) is 19.1 Å². The molecular formula is C16H24FNO3. The smallest absolute Gasteiger partial charge is 0.317 e. The number of unbranched alkanes of at least 4 members (excludes halogenated alkanes) is 2. The standard InChI is InChI=1S/C16H24FNO3/c1-2-21-15(20)16(12-18,9-4-3-5-10-19)13-7-6-8-14(17)11-13/h6-8,11,19H,2-5,9-10,12,18H2,1H3. The Morgan fingerprint density at radius 3 is 2.71 bits per heavy atom. The lowest BCUT2D eigenvalue weighted by molar-refractivity contribution is -0.150. The van der Waals surface area contributed by atoms with Crippen molar-refractivity contribution < 1.29 is 19.0 Å². The molecule has 21 heavy (non-hydrogen) atoms. The van der Waals surface area contributed by atoms with Crippen molar-refractivity contribution in [3.05, 3.63) is 35.6 Å². The van der Waals surface area contributed by atoms with E-state index in [9.17, 15) is 9.18 Å². The Balaban J connectivity index is 3.04. The molecule has 1 aromatic carbocycles. The maximum Gasteiger partial charge on any atom is 0.317 e. The van der Waals surface area contributed by atoms with Crippen LogP contribution in [0, 0.1) is 5.82 Å². The van der Waals surface area contributed by atoms with Crippen molar-refractivity contribution in [3.63, 3.8) is 0 Å². The van der Waals surface area contributed by atoms with Crippen molar-refractivity contribution >= 4 is 5.97 Å². The molecule has 0 saturated heterocycles. The molecule has 1 rings (SSSR count). The maximum absolute atomic E-state index is 13.5. The van der Waals surface area contributed by atoms with Gasteiger partial charge in [0, 0.05) is 13.2 Å². The van der Waals surface area contributed by atoms with Crippen molar-refractivity contribution in [1.29, 1.82) is 0 Å². The van der Waals surface area contributed by atoms with Crippen molar-refractivity contribution in [2.75, 3.05) is 19.8 Å². The zero-order valence-corrected chi connectivity index (χ0v) is 12.5. The van der Waals surface area contributed by atoms with Gasteiger partial charge in [0.15, 0.2) is 0 Å². The molecule has 1 atom stereocenters. The molecular weight excluding hydrogens is 273 g/mol. The van der Waals surface area contributed by atoms with E-state index >= 15 is 0 Å². The lowest BCUT2D eigenvalue weighted by Gasteiger charge is -2.30. The van der Waals surface area contributed by atoms with E-state index in [0.717, 1.165) is 6.42 Å². The number of halogens is 1. The number of carbonyl (C=O) groups excluding carboxylic acids is 1. The zero-order valence-electron chi connectivity index (χ0n) is 12.5. The summed E-state index contributed by atoms with van der Waals surface area (Å²) in [6, 6.07) is 5.96. The second-order valence-corrected chi connectivity index (χ2v) is 5.05. The Morgan fingerprint density at radius 1 is 1.38 bits per heavy atom. The van der Waals surface area contributed by atoms with Crippen LogP contribution >= 0.6 is 0 Å². The molecule has 0 fully saturated rings. The van der Waals surface area contributed by atoms with Crippen LogP contribution in [0.5, 0.6) is 0 Å². The molecule has 0 spiro atoms. The first-order valence-electron chi connectivity index (χ1n) is 7.35. The fourth-order valence-corrected chi connectivity index (χ4v) is 2.44. The van der Waals surface area contributed by atoms with E-state index in [1.807, 2.05) is 0 Å². The van der Waals surface area contributed by atoms with Gasteiger partial charge in [0.25, 0.3) is 0 Å². The normalized spacial score (nSPS) is 13.7.